The lowest BCUT2D eigenvalue weighted by Gasteiger charge is -2.07. The summed E-state index contributed by atoms with van der Waals surface area (Å²) in [5.41, 5.74) is 0.462. The molecule has 0 aromatic carbocycles. The van der Waals surface area contributed by atoms with Crippen LogP contribution in [-0.2, 0) is 27.3 Å². The maximum absolute atomic E-state index is 10.9. The van der Waals surface area contributed by atoms with E-state index >= 15 is 0 Å². The van der Waals surface area contributed by atoms with Gasteiger partial charge in [-0.2, -0.15) is 0 Å². The predicted octanol–water partition coefficient (Wildman–Crippen LogP) is -0.0973. The van der Waals surface area contributed by atoms with Crippen LogP contribution in [-0.4, -0.2) is 64.2 Å². The molecule has 0 N–H and O–H groups in total. The number of rotatable bonds is 12. The van der Waals surface area contributed by atoms with Gasteiger partial charge in [-0.05, 0) is 44.9 Å². The first-order chi connectivity index (χ1) is 11.8. The van der Waals surface area contributed by atoms with E-state index in [1.54, 1.807) is 6.92 Å². The summed E-state index contributed by atoms with van der Waals surface area (Å²) in [6.45, 7) is 13.8. The zero-order valence-corrected chi connectivity index (χ0v) is 22.6. The maximum atomic E-state index is 10.9. The number of hydrogen-bond acceptors (Lipinski definition) is 6. The van der Waals surface area contributed by atoms with Crippen LogP contribution >= 0.6 is 0 Å². The zero-order chi connectivity index (χ0) is 19.7. The molecule has 0 bridgehead atoms. The molecule has 0 aliphatic rings. The second-order valence-corrected chi connectivity index (χ2v) is 13.8. The highest BCUT2D eigenvalue weighted by Gasteiger charge is 2.04. The van der Waals surface area contributed by atoms with Crippen molar-refractivity contribution in [2.45, 2.75) is 44.9 Å². The Balaban J connectivity index is 0. The predicted molar refractivity (Wildman–Crippen MR) is 114 cm³/mol. The summed E-state index contributed by atoms with van der Waals surface area (Å²) in [4.78, 5) is 21.5. The molecule has 0 aliphatic carbocycles. The molecule has 0 saturated carbocycles. The largest absolute Gasteiger partial charge is 0.466 e. The maximum Gasteiger partial charge on any atom is 0.333 e. The Morgan fingerprint density at radius 2 is 1.44 bits per heavy atom. The lowest BCUT2D eigenvalue weighted by molar-refractivity contribution is -0.139. The molecule has 25 heavy (non-hydrogen) atoms. The minimum Gasteiger partial charge on any atom is -0.466 e. The van der Waals surface area contributed by atoms with Crippen molar-refractivity contribution in [2.24, 2.45) is 0 Å². The van der Waals surface area contributed by atoms with Gasteiger partial charge < -0.3 is 17.7 Å². The molecule has 0 aromatic rings. The molecule has 146 valence electrons. The second-order valence-electron chi connectivity index (χ2n) is 5.66. The van der Waals surface area contributed by atoms with Crippen molar-refractivity contribution in [1.29, 1.82) is 0 Å². The summed E-state index contributed by atoms with van der Waals surface area (Å²) in [6.07, 6.45) is 3.01. The van der Waals surface area contributed by atoms with Crippen LogP contribution in [0.2, 0.25) is 25.2 Å². The number of ether oxygens (including phenoxy) is 2. The van der Waals surface area contributed by atoms with Gasteiger partial charge in [-0.1, -0.05) is 13.2 Å². The van der Waals surface area contributed by atoms with Crippen LogP contribution in [0.3, 0.4) is 0 Å². The fraction of sp³-hybridized carbons (Fsp3) is 0.600. The van der Waals surface area contributed by atoms with Gasteiger partial charge in [0.25, 0.3) is 0 Å². The summed E-state index contributed by atoms with van der Waals surface area (Å²) < 4.78 is 20.4. The van der Waals surface area contributed by atoms with Gasteiger partial charge in [0.2, 0.25) is 0 Å². The highest BCUT2D eigenvalue weighted by Crippen LogP contribution is 2.00. The van der Waals surface area contributed by atoms with E-state index in [0.29, 0.717) is 18.8 Å². The lowest BCUT2D eigenvalue weighted by Crippen LogP contribution is -2.13. The normalized spacial score (nSPS) is 12.4. The van der Waals surface area contributed by atoms with Crippen LogP contribution in [0, 0.1) is 0 Å². The Hall–Kier alpha value is -0.792. The number of hydrogen-bond donors (Lipinski definition) is 0. The van der Waals surface area contributed by atoms with Gasteiger partial charge in [0.05, 0.1) is 13.2 Å². The fourth-order valence-corrected chi connectivity index (χ4v) is 4.87. The van der Waals surface area contributed by atoms with Gasteiger partial charge in [0.1, 0.15) is 21.0 Å². The van der Waals surface area contributed by atoms with Crippen molar-refractivity contribution in [3.8, 4) is 0 Å². The van der Waals surface area contributed by atoms with E-state index in [9.17, 15) is 9.59 Å². The zero-order valence-electron chi connectivity index (χ0n) is 16.3. The standard InChI is InChI=1S/C8H18O3Si2.C7H16O3Si2/c1-7(2)8(9)10-5-4-6-13(3)11-12;1-3-7(8)9-5-4-6-12(2)10-11/h13H,1,4-6H2,2-3,12H3;3,12H,1,4-6H2,2,11H3. The van der Waals surface area contributed by atoms with Crippen LogP contribution in [0.4, 0.5) is 0 Å². The molecular weight excluding hydrogens is 389 g/mol. The van der Waals surface area contributed by atoms with Crippen LogP contribution in [0.15, 0.2) is 24.8 Å². The van der Waals surface area contributed by atoms with E-state index in [-0.39, 0.29) is 11.9 Å². The van der Waals surface area contributed by atoms with Gasteiger partial charge in [0.15, 0.2) is 18.1 Å². The second kappa shape index (κ2) is 18.0. The van der Waals surface area contributed by atoms with E-state index in [1.807, 2.05) is 0 Å². The van der Waals surface area contributed by atoms with E-state index < -0.39 is 18.1 Å². The third-order valence-corrected chi connectivity index (χ3v) is 12.2. The van der Waals surface area contributed by atoms with Crippen LogP contribution in [0.1, 0.15) is 19.8 Å². The molecule has 0 heterocycles. The fourth-order valence-electron chi connectivity index (χ4n) is 1.50. The van der Waals surface area contributed by atoms with E-state index in [2.05, 4.69) is 26.3 Å². The average Bonchev–Trinajstić information content (AvgIpc) is 2.61. The third-order valence-electron chi connectivity index (χ3n) is 3.31. The molecule has 0 fully saturated rings. The molecule has 0 saturated heterocycles. The van der Waals surface area contributed by atoms with Crippen LogP contribution in [0.25, 0.3) is 0 Å². The Morgan fingerprint density at radius 1 is 1.00 bits per heavy atom. The average molecular weight is 423 g/mol. The first-order valence-electron chi connectivity index (χ1n) is 8.45. The number of carbonyl (C=O) groups excluding carboxylic acids is 2. The van der Waals surface area contributed by atoms with E-state index in [1.165, 1.54) is 6.08 Å². The topological polar surface area (TPSA) is 71.1 Å². The quantitative estimate of drug-likeness (QED) is 0.189. The molecule has 0 rings (SSSR count). The summed E-state index contributed by atoms with van der Waals surface area (Å²) >= 11 is 0. The van der Waals surface area contributed by atoms with Gasteiger partial charge in [0, 0.05) is 11.6 Å². The number of esters is 2. The SMILES string of the molecule is C=C(C)C(=O)OCCC[SiH](C)O[SiH3].C=CC(=O)OCCC[SiH](C)O[SiH3]. The smallest absolute Gasteiger partial charge is 0.333 e. The van der Waals surface area contributed by atoms with Crippen molar-refractivity contribution < 1.29 is 27.3 Å². The minimum absolute atomic E-state index is 0.291. The summed E-state index contributed by atoms with van der Waals surface area (Å²) in [6, 6.07) is 2.15. The summed E-state index contributed by atoms with van der Waals surface area (Å²) in [5.74, 6) is -0.628. The molecule has 0 aromatic heterocycles. The Bertz CT molecular complexity index is 405. The molecule has 0 radical (unpaired) electrons. The van der Waals surface area contributed by atoms with Crippen molar-refractivity contribution in [3.63, 3.8) is 0 Å². The number of carbonyl (C=O) groups is 2. The van der Waals surface area contributed by atoms with Crippen molar-refractivity contribution in [1.82, 2.24) is 0 Å². The highest BCUT2D eigenvalue weighted by atomic mass is 28.3. The molecular formula is C15H34O6Si4. The van der Waals surface area contributed by atoms with Crippen molar-refractivity contribution >= 4 is 51.0 Å². The van der Waals surface area contributed by atoms with Crippen molar-refractivity contribution in [2.75, 3.05) is 13.2 Å². The summed E-state index contributed by atoms with van der Waals surface area (Å²) in [5, 5.41) is 0. The summed E-state index contributed by atoms with van der Waals surface area (Å²) in [7, 11) is -0.178. The molecule has 6 nitrogen and oxygen atoms in total. The van der Waals surface area contributed by atoms with Gasteiger partial charge >= 0.3 is 11.9 Å². The van der Waals surface area contributed by atoms with Crippen LogP contribution in [0.5, 0.6) is 0 Å². The Labute approximate surface area is 161 Å². The van der Waals surface area contributed by atoms with Crippen molar-refractivity contribution in [3.05, 3.63) is 24.8 Å². The van der Waals surface area contributed by atoms with Crippen LogP contribution < -0.4 is 0 Å². The lowest BCUT2D eigenvalue weighted by atomic mass is 10.4. The first kappa shape index (κ1) is 26.4. The molecule has 2 unspecified atom stereocenters. The van der Waals surface area contributed by atoms with E-state index in [4.69, 9.17) is 17.7 Å². The third kappa shape index (κ3) is 19.4. The first-order valence-corrected chi connectivity index (χ1v) is 15.0. The van der Waals surface area contributed by atoms with Gasteiger partial charge in [-0.3, -0.25) is 0 Å². The Morgan fingerprint density at radius 3 is 1.80 bits per heavy atom. The molecule has 10 heteroatoms. The Kier molecular flexibility index (Phi) is 19.0. The molecule has 0 spiro atoms. The van der Waals surface area contributed by atoms with E-state index in [0.717, 1.165) is 45.9 Å². The molecule has 0 aliphatic heterocycles. The molecule has 2 atom stereocenters. The monoisotopic (exact) mass is 422 g/mol. The molecule has 0 amide bonds. The van der Waals surface area contributed by atoms with Gasteiger partial charge in [-0.25, -0.2) is 9.59 Å². The highest BCUT2D eigenvalue weighted by molar-refractivity contribution is 6.54. The van der Waals surface area contributed by atoms with Gasteiger partial charge in [-0.15, -0.1) is 0 Å². The minimum atomic E-state index is -0.921.